The number of aryl methyl sites for hydroxylation is 1. The van der Waals surface area contributed by atoms with Crippen LogP contribution in [0.3, 0.4) is 0 Å². The molecule has 0 aliphatic rings. The van der Waals surface area contributed by atoms with Gasteiger partial charge in [-0.15, -0.1) is 5.11 Å². The summed E-state index contributed by atoms with van der Waals surface area (Å²) >= 11 is 9.08. The first-order valence-corrected chi connectivity index (χ1v) is 6.40. The van der Waals surface area contributed by atoms with Gasteiger partial charge in [-0.05, 0) is 47.1 Å². The fourth-order valence-corrected chi connectivity index (χ4v) is 2.15. The van der Waals surface area contributed by atoms with E-state index in [2.05, 4.69) is 26.2 Å². The van der Waals surface area contributed by atoms with E-state index in [1.807, 2.05) is 31.2 Å². The van der Waals surface area contributed by atoms with Crippen molar-refractivity contribution in [3.63, 3.8) is 0 Å². The minimum absolute atomic E-state index is 0.0234. The summed E-state index contributed by atoms with van der Waals surface area (Å²) in [6.07, 6.45) is 0. The largest absolute Gasteiger partial charge is 0.505 e. The van der Waals surface area contributed by atoms with Crippen molar-refractivity contribution < 1.29 is 5.11 Å². The second-order valence-corrected chi connectivity index (χ2v) is 5.08. The maximum Gasteiger partial charge on any atom is 0.157 e. The number of azo groups is 1. The molecule has 0 saturated carbocycles. The van der Waals surface area contributed by atoms with Crippen molar-refractivity contribution in [2.24, 2.45) is 10.2 Å². The Bertz CT molecular complexity index is 597. The smallest absolute Gasteiger partial charge is 0.157 e. The van der Waals surface area contributed by atoms with E-state index >= 15 is 0 Å². The van der Waals surface area contributed by atoms with Gasteiger partial charge in [0, 0.05) is 5.02 Å². The van der Waals surface area contributed by atoms with E-state index in [1.54, 1.807) is 12.1 Å². The number of hydrogen-bond donors (Lipinski definition) is 1. The Hall–Kier alpha value is -1.39. The van der Waals surface area contributed by atoms with E-state index in [9.17, 15) is 5.11 Å². The second kappa shape index (κ2) is 5.50. The molecule has 0 aliphatic carbocycles. The van der Waals surface area contributed by atoms with Gasteiger partial charge in [-0.1, -0.05) is 29.3 Å². The maximum atomic E-state index is 9.78. The predicted octanol–water partition coefficient (Wildman–Crippen LogP) is 5.53. The Labute approximate surface area is 118 Å². The van der Waals surface area contributed by atoms with E-state index in [4.69, 9.17) is 11.6 Å². The number of phenols is 1. The Morgan fingerprint density at radius 3 is 2.44 bits per heavy atom. The lowest BCUT2D eigenvalue weighted by Gasteiger charge is -2.01. The lowest BCUT2D eigenvalue weighted by molar-refractivity contribution is 0.473. The van der Waals surface area contributed by atoms with Crippen LogP contribution in [0.5, 0.6) is 5.75 Å². The highest BCUT2D eigenvalue weighted by molar-refractivity contribution is 9.10. The highest BCUT2D eigenvalue weighted by atomic mass is 79.9. The molecule has 2 aromatic carbocycles. The zero-order valence-electron chi connectivity index (χ0n) is 9.56. The fraction of sp³-hybridized carbons (Fsp3) is 0.0769. The molecule has 0 saturated heterocycles. The monoisotopic (exact) mass is 324 g/mol. The first-order chi connectivity index (χ1) is 8.56. The fourth-order valence-electron chi connectivity index (χ4n) is 1.35. The highest BCUT2D eigenvalue weighted by Gasteiger charge is 2.06. The Morgan fingerprint density at radius 1 is 1.11 bits per heavy atom. The summed E-state index contributed by atoms with van der Waals surface area (Å²) in [6.45, 7) is 2.00. The van der Waals surface area contributed by atoms with Crippen molar-refractivity contribution in [3.05, 3.63) is 51.5 Å². The highest BCUT2D eigenvalue weighted by Crippen LogP contribution is 2.37. The normalized spacial score (nSPS) is 11.1. The van der Waals surface area contributed by atoms with E-state index in [-0.39, 0.29) is 5.75 Å². The summed E-state index contributed by atoms with van der Waals surface area (Å²) < 4.78 is 0.493. The molecule has 0 bridgehead atoms. The van der Waals surface area contributed by atoms with Crippen molar-refractivity contribution in [1.82, 2.24) is 0 Å². The summed E-state index contributed by atoms with van der Waals surface area (Å²) in [5, 5.41) is 18.3. The summed E-state index contributed by atoms with van der Waals surface area (Å²) in [5.41, 5.74) is 2.20. The molecule has 0 amide bonds. The molecule has 2 rings (SSSR count). The Balaban J connectivity index is 2.31. The molecule has 92 valence electrons. The molecule has 18 heavy (non-hydrogen) atoms. The molecule has 0 aliphatic heterocycles. The number of halogens is 2. The molecule has 0 atom stereocenters. The van der Waals surface area contributed by atoms with E-state index in [0.29, 0.717) is 15.2 Å². The third-order valence-electron chi connectivity index (χ3n) is 2.32. The third kappa shape index (κ3) is 3.09. The van der Waals surface area contributed by atoms with Gasteiger partial charge in [0.1, 0.15) is 5.69 Å². The third-order valence-corrected chi connectivity index (χ3v) is 3.14. The quantitative estimate of drug-likeness (QED) is 0.725. The number of phenolic OH excluding ortho intramolecular Hbond substituents is 1. The van der Waals surface area contributed by atoms with Gasteiger partial charge < -0.3 is 5.11 Å². The van der Waals surface area contributed by atoms with E-state index in [1.165, 1.54) is 0 Å². The molecule has 0 radical (unpaired) electrons. The molecule has 2 aromatic rings. The zero-order chi connectivity index (χ0) is 13.1. The minimum Gasteiger partial charge on any atom is -0.505 e. The van der Waals surface area contributed by atoms with Crippen molar-refractivity contribution in [1.29, 1.82) is 0 Å². The van der Waals surface area contributed by atoms with Crippen molar-refractivity contribution in [3.8, 4) is 5.75 Å². The number of benzene rings is 2. The van der Waals surface area contributed by atoms with Gasteiger partial charge in [0.15, 0.2) is 5.75 Å². The van der Waals surface area contributed by atoms with Crippen LogP contribution in [0.15, 0.2) is 51.1 Å². The van der Waals surface area contributed by atoms with Crippen LogP contribution in [0.1, 0.15) is 5.56 Å². The lowest BCUT2D eigenvalue weighted by atomic mass is 10.2. The summed E-state index contributed by atoms with van der Waals surface area (Å²) in [7, 11) is 0. The molecular weight excluding hydrogens is 316 g/mol. The first kappa shape index (κ1) is 13.1. The van der Waals surface area contributed by atoms with Gasteiger partial charge in [0.05, 0.1) is 10.2 Å². The average Bonchev–Trinajstić information content (AvgIpc) is 2.34. The minimum atomic E-state index is 0.0234. The van der Waals surface area contributed by atoms with Gasteiger partial charge in [-0.25, -0.2) is 0 Å². The molecule has 1 N–H and O–H groups in total. The Kier molecular flexibility index (Phi) is 3.99. The Morgan fingerprint density at radius 2 is 1.78 bits per heavy atom. The zero-order valence-corrected chi connectivity index (χ0v) is 11.9. The molecule has 0 fully saturated rings. The standard InChI is InChI=1S/C13H10BrClN2O/c1-8-2-4-10(5-3-8)16-17-12-7-9(15)6-11(14)13(12)18/h2-7,18H,1H3. The SMILES string of the molecule is Cc1ccc(N=Nc2cc(Cl)cc(Br)c2O)cc1. The number of rotatable bonds is 2. The van der Waals surface area contributed by atoms with E-state index in [0.717, 1.165) is 11.3 Å². The van der Waals surface area contributed by atoms with Gasteiger partial charge in [0.2, 0.25) is 0 Å². The molecular formula is C13H10BrClN2O. The van der Waals surface area contributed by atoms with E-state index < -0.39 is 0 Å². The average molecular weight is 326 g/mol. The number of nitrogens with zero attached hydrogens (tertiary/aromatic N) is 2. The first-order valence-electron chi connectivity index (χ1n) is 5.22. The van der Waals surface area contributed by atoms with Crippen LogP contribution < -0.4 is 0 Å². The topological polar surface area (TPSA) is 45.0 Å². The van der Waals surface area contributed by atoms with Crippen LogP contribution in [0.2, 0.25) is 5.02 Å². The molecule has 0 aromatic heterocycles. The van der Waals surface area contributed by atoms with Crippen LogP contribution >= 0.6 is 27.5 Å². The molecule has 5 heteroatoms. The molecule has 0 spiro atoms. The second-order valence-electron chi connectivity index (χ2n) is 3.79. The summed E-state index contributed by atoms with van der Waals surface area (Å²) in [4.78, 5) is 0. The molecule has 0 heterocycles. The lowest BCUT2D eigenvalue weighted by Crippen LogP contribution is -1.73. The molecule has 0 unspecified atom stereocenters. The van der Waals surface area contributed by atoms with Crippen LogP contribution in [-0.4, -0.2) is 5.11 Å². The summed E-state index contributed by atoms with van der Waals surface area (Å²) in [5.74, 6) is 0.0234. The van der Waals surface area contributed by atoms with Crippen LogP contribution in [0, 0.1) is 6.92 Å². The predicted molar refractivity (Wildman–Crippen MR) is 76.2 cm³/mol. The van der Waals surface area contributed by atoms with Gasteiger partial charge >= 0.3 is 0 Å². The number of hydrogen-bond acceptors (Lipinski definition) is 3. The van der Waals surface area contributed by atoms with Crippen molar-refractivity contribution >= 4 is 38.9 Å². The molecule has 3 nitrogen and oxygen atoms in total. The maximum absolute atomic E-state index is 9.78. The summed E-state index contributed by atoms with van der Waals surface area (Å²) in [6, 6.07) is 10.8. The van der Waals surface area contributed by atoms with Crippen LogP contribution in [0.4, 0.5) is 11.4 Å². The number of aromatic hydroxyl groups is 1. The van der Waals surface area contributed by atoms with Gasteiger partial charge in [0.25, 0.3) is 0 Å². The van der Waals surface area contributed by atoms with Crippen molar-refractivity contribution in [2.45, 2.75) is 6.92 Å². The van der Waals surface area contributed by atoms with Gasteiger partial charge in [-0.2, -0.15) is 5.11 Å². The van der Waals surface area contributed by atoms with Crippen molar-refractivity contribution in [2.75, 3.05) is 0 Å². The van der Waals surface area contributed by atoms with Crippen LogP contribution in [-0.2, 0) is 0 Å². The van der Waals surface area contributed by atoms with Gasteiger partial charge in [-0.3, -0.25) is 0 Å². The van der Waals surface area contributed by atoms with Crippen LogP contribution in [0.25, 0.3) is 0 Å².